The fourth-order valence-corrected chi connectivity index (χ4v) is 5.73. The minimum absolute atomic E-state index is 0.140. The summed E-state index contributed by atoms with van der Waals surface area (Å²) >= 11 is 1.57. The number of hydrogen-bond acceptors (Lipinski definition) is 7. The second kappa shape index (κ2) is 12.4. The fourth-order valence-electron chi connectivity index (χ4n) is 4.77. The molecule has 6 aromatic rings. The van der Waals surface area contributed by atoms with Gasteiger partial charge in [0.05, 0.1) is 24.1 Å². The molecular weight excluding hydrogens is 586 g/mol. The summed E-state index contributed by atoms with van der Waals surface area (Å²) in [5.74, 6) is 1.94. The van der Waals surface area contributed by atoms with E-state index in [-0.39, 0.29) is 17.2 Å². The van der Waals surface area contributed by atoms with Crippen LogP contribution in [0.1, 0.15) is 32.0 Å². The molecular formula is C34H33N7O3S. The second-order valence-corrected chi connectivity index (χ2v) is 12.5. The number of nitrogens with one attached hydrogen (secondary N) is 2. The van der Waals surface area contributed by atoms with Gasteiger partial charge in [0.25, 0.3) is 0 Å². The lowest BCUT2D eigenvalue weighted by Crippen LogP contribution is -2.29. The first kappa shape index (κ1) is 29.8. The van der Waals surface area contributed by atoms with Crippen molar-refractivity contribution in [3.63, 3.8) is 0 Å². The van der Waals surface area contributed by atoms with Crippen LogP contribution in [0.25, 0.3) is 22.7 Å². The number of fused-ring (bicyclic) bond motifs is 1. The van der Waals surface area contributed by atoms with Gasteiger partial charge in [0.1, 0.15) is 17.3 Å². The number of phenolic OH excluding ortho intramolecular Hbond substituents is 1. The maximum absolute atomic E-state index is 13.2. The number of aromatic hydroxyl groups is 1. The molecule has 0 aliphatic carbocycles. The van der Waals surface area contributed by atoms with Gasteiger partial charge in [-0.1, -0.05) is 68.9 Å². The van der Waals surface area contributed by atoms with E-state index < -0.39 is 0 Å². The molecule has 0 fully saturated rings. The minimum Gasteiger partial charge on any atom is -0.507 e. The van der Waals surface area contributed by atoms with Crippen molar-refractivity contribution in [1.29, 1.82) is 0 Å². The van der Waals surface area contributed by atoms with Gasteiger partial charge in [0, 0.05) is 40.1 Å². The van der Waals surface area contributed by atoms with Crippen LogP contribution in [0, 0.1) is 0 Å². The number of rotatable bonds is 8. The van der Waals surface area contributed by atoms with Crippen LogP contribution < -0.4 is 15.4 Å². The van der Waals surface area contributed by atoms with E-state index in [1.54, 1.807) is 35.7 Å². The van der Waals surface area contributed by atoms with Crippen molar-refractivity contribution in [2.24, 2.45) is 0 Å². The van der Waals surface area contributed by atoms with Gasteiger partial charge in [-0.15, -0.1) is 10.2 Å². The third-order valence-corrected chi connectivity index (χ3v) is 8.27. The topological polar surface area (TPSA) is 119 Å². The van der Waals surface area contributed by atoms with Crippen molar-refractivity contribution in [2.75, 3.05) is 12.4 Å². The van der Waals surface area contributed by atoms with Crippen molar-refractivity contribution in [3.8, 4) is 28.6 Å². The highest BCUT2D eigenvalue weighted by atomic mass is 32.2. The average Bonchev–Trinajstić information content (AvgIpc) is 3.65. The molecule has 228 valence electrons. The molecule has 3 aromatic carbocycles. The third kappa shape index (κ3) is 6.48. The number of carbonyl (C=O) groups is 1. The van der Waals surface area contributed by atoms with Crippen LogP contribution in [0.2, 0.25) is 0 Å². The molecule has 3 heterocycles. The van der Waals surface area contributed by atoms with Gasteiger partial charge in [0.2, 0.25) is 0 Å². The largest absolute Gasteiger partial charge is 0.507 e. The number of pyridine rings is 1. The zero-order valence-corrected chi connectivity index (χ0v) is 26.2. The van der Waals surface area contributed by atoms with Crippen LogP contribution in [-0.2, 0) is 12.0 Å². The number of ether oxygens (including phenoxy) is 1. The third-order valence-electron chi connectivity index (χ3n) is 7.18. The Labute approximate surface area is 265 Å². The number of benzene rings is 3. The molecule has 0 aliphatic heterocycles. The van der Waals surface area contributed by atoms with Crippen molar-refractivity contribution in [2.45, 2.75) is 42.5 Å². The van der Waals surface area contributed by atoms with Gasteiger partial charge in [-0.05, 0) is 48.0 Å². The highest BCUT2D eigenvalue weighted by Crippen LogP contribution is 2.33. The first-order valence-corrected chi connectivity index (χ1v) is 15.2. The summed E-state index contributed by atoms with van der Waals surface area (Å²) in [5, 5.41) is 29.7. The van der Waals surface area contributed by atoms with E-state index >= 15 is 0 Å². The van der Waals surface area contributed by atoms with E-state index in [1.165, 1.54) is 0 Å². The predicted molar refractivity (Wildman–Crippen MR) is 175 cm³/mol. The monoisotopic (exact) mass is 619 g/mol. The number of aromatic nitrogens is 5. The van der Waals surface area contributed by atoms with Crippen LogP contribution in [0.4, 0.5) is 10.6 Å². The smallest absolute Gasteiger partial charge is 0.320 e. The van der Waals surface area contributed by atoms with Crippen LogP contribution >= 0.6 is 11.8 Å². The quantitative estimate of drug-likeness (QED) is 0.167. The summed E-state index contributed by atoms with van der Waals surface area (Å²) in [7, 11) is 1.62. The van der Waals surface area contributed by atoms with Crippen LogP contribution in [0.3, 0.4) is 0 Å². The van der Waals surface area contributed by atoms with E-state index in [2.05, 4.69) is 41.6 Å². The van der Waals surface area contributed by atoms with Crippen molar-refractivity contribution >= 4 is 29.3 Å². The van der Waals surface area contributed by atoms with E-state index in [0.29, 0.717) is 35.1 Å². The molecule has 0 atom stereocenters. The summed E-state index contributed by atoms with van der Waals surface area (Å²) in [4.78, 5) is 15.1. The van der Waals surface area contributed by atoms with Gasteiger partial charge >= 0.3 is 6.03 Å². The second-order valence-electron chi connectivity index (χ2n) is 11.4. The molecule has 0 unspecified atom stereocenters. The molecule has 0 saturated heterocycles. The molecule has 0 aliphatic rings. The standard InChI is InChI=1S/C34H33N7O3S/c1-34(2,3)29-19-31(41(39-29)23-11-9-12-24(18-23)44-4)36-33(43)35-20-22-10-5-8-15-28(22)45-25-16-17-30-37-38-32(40(30)21-25)26-13-6-7-14-27(26)42/h5-19,21,42H,20H2,1-4H3,(H2,35,36,43). The number of nitrogens with zero attached hydrogens (tertiary/aromatic N) is 5. The maximum Gasteiger partial charge on any atom is 0.320 e. The van der Waals surface area contributed by atoms with E-state index in [9.17, 15) is 9.90 Å². The van der Waals surface area contributed by atoms with Crippen molar-refractivity contribution < 1.29 is 14.6 Å². The minimum atomic E-state index is -0.350. The molecule has 45 heavy (non-hydrogen) atoms. The van der Waals surface area contributed by atoms with Gasteiger partial charge < -0.3 is 15.2 Å². The highest BCUT2D eigenvalue weighted by molar-refractivity contribution is 7.99. The number of para-hydroxylation sites is 1. The summed E-state index contributed by atoms with van der Waals surface area (Å²) < 4.78 is 8.98. The Bertz CT molecular complexity index is 1990. The maximum atomic E-state index is 13.2. The van der Waals surface area contributed by atoms with E-state index in [0.717, 1.165) is 26.7 Å². The number of anilines is 1. The summed E-state index contributed by atoms with van der Waals surface area (Å²) in [5.41, 5.74) is 3.64. The molecule has 0 saturated carbocycles. The van der Waals surface area contributed by atoms with Gasteiger partial charge in [-0.25, -0.2) is 9.48 Å². The number of urea groups is 1. The summed E-state index contributed by atoms with van der Waals surface area (Å²) in [6.45, 7) is 6.55. The van der Waals surface area contributed by atoms with Gasteiger partial charge in [-0.3, -0.25) is 9.72 Å². The van der Waals surface area contributed by atoms with E-state index in [1.807, 2.05) is 89.5 Å². The SMILES string of the molecule is COc1cccc(-n2nc(C(C)(C)C)cc2NC(=O)NCc2ccccc2Sc2ccc3nnc(-c4ccccc4O)n3c2)c1. The average molecular weight is 620 g/mol. The highest BCUT2D eigenvalue weighted by Gasteiger charge is 2.22. The lowest BCUT2D eigenvalue weighted by Gasteiger charge is -2.14. The molecule has 2 amide bonds. The van der Waals surface area contributed by atoms with Crippen LogP contribution in [-0.4, -0.2) is 42.6 Å². The number of hydrogen-bond donors (Lipinski definition) is 3. The fraction of sp³-hybridized carbons (Fsp3) is 0.176. The van der Waals surface area contributed by atoms with E-state index in [4.69, 9.17) is 9.84 Å². The van der Waals surface area contributed by atoms with Crippen LogP contribution in [0.5, 0.6) is 11.5 Å². The molecule has 3 aromatic heterocycles. The number of amides is 2. The lowest BCUT2D eigenvalue weighted by molar-refractivity contribution is 0.251. The number of carbonyl (C=O) groups excluding carboxylic acids is 1. The van der Waals surface area contributed by atoms with Gasteiger partial charge in [-0.2, -0.15) is 5.10 Å². The molecule has 6 rings (SSSR count). The summed E-state index contributed by atoms with van der Waals surface area (Å²) in [6.07, 6.45) is 1.95. The lowest BCUT2D eigenvalue weighted by atomic mass is 9.92. The summed E-state index contributed by atoms with van der Waals surface area (Å²) in [6, 6.07) is 28.0. The Kier molecular flexibility index (Phi) is 8.18. The molecule has 0 spiro atoms. The Hall–Kier alpha value is -5.29. The number of methoxy groups -OCH3 is 1. The Morgan fingerprint density at radius 1 is 0.956 bits per heavy atom. The zero-order chi connectivity index (χ0) is 31.6. The first-order valence-electron chi connectivity index (χ1n) is 14.4. The molecule has 0 radical (unpaired) electrons. The molecule has 0 bridgehead atoms. The Morgan fingerprint density at radius 2 is 1.76 bits per heavy atom. The van der Waals surface area contributed by atoms with Crippen molar-refractivity contribution in [3.05, 3.63) is 108 Å². The van der Waals surface area contributed by atoms with Gasteiger partial charge in [0.15, 0.2) is 11.5 Å². The zero-order valence-electron chi connectivity index (χ0n) is 25.4. The molecule has 10 nitrogen and oxygen atoms in total. The molecule has 3 N–H and O–H groups in total. The number of phenols is 1. The normalized spacial score (nSPS) is 11.5. The van der Waals surface area contributed by atoms with Crippen molar-refractivity contribution in [1.82, 2.24) is 29.7 Å². The first-order chi connectivity index (χ1) is 21.7. The Balaban J connectivity index is 1.20. The predicted octanol–water partition coefficient (Wildman–Crippen LogP) is 7.07. The Morgan fingerprint density at radius 3 is 2.56 bits per heavy atom. The van der Waals surface area contributed by atoms with Crippen LogP contribution in [0.15, 0.2) is 107 Å². The molecule has 11 heteroatoms.